The Morgan fingerprint density at radius 2 is 2.27 bits per heavy atom. The molecule has 0 aliphatic heterocycles. The summed E-state index contributed by atoms with van der Waals surface area (Å²) in [6, 6.07) is 5.70. The topological polar surface area (TPSA) is 99.7 Å². The van der Waals surface area contributed by atoms with Crippen LogP contribution in [0.3, 0.4) is 0 Å². The Morgan fingerprint density at radius 1 is 1.45 bits per heavy atom. The van der Waals surface area contributed by atoms with E-state index < -0.39 is 5.69 Å². The van der Waals surface area contributed by atoms with E-state index in [4.69, 9.17) is 16.9 Å². The fourth-order valence-corrected chi connectivity index (χ4v) is 3.00. The van der Waals surface area contributed by atoms with Crippen molar-refractivity contribution in [1.29, 1.82) is 5.26 Å². The second-order valence-corrected chi connectivity index (χ2v) is 5.77. The van der Waals surface area contributed by atoms with Gasteiger partial charge >= 0.3 is 5.69 Å². The lowest BCUT2D eigenvalue weighted by Crippen LogP contribution is -2.19. The highest BCUT2D eigenvalue weighted by atomic mass is 35.5. The minimum atomic E-state index is -0.442. The molecule has 0 bridgehead atoms. The third-order valence-corrected chi connectivity index (χ3v) is 4.16. The number of hydrogen-bond donors (Lipinski definition) is 1. The monoisotopic (exact) mass is 332 g/mol. The molecule has 0 atom stereocenters. The number of aromatic nitrogens is 5. The Kier molecular flexibility index (Phi) is 3.83. The van der Waals surface area contributed by atoms with Gasteiger partial charge in [0.2, 0.25) is 0 Å². The number of halogens is 1. The van der Waals surface area contributed by atoms with E-state index in [0.717, 1.165) is 15.8 Å². The molecule has 3 aromatic heterocycles. The number of thioether (sulfide) groups is 1. The summed E-state index contributed by atoms with van der Waals surface area (Å²) in [7, 11) is 0. The van der Waals surface area contributed by atoms with Crippen molar-refractivity contribution < 1.29 is 0 Å². The number of nitriles is 1. The van der Waals surface area contributed by atoms with E-state index in [-0.39, 0.29) is 11.2 Å². The van der Waals surface area contributed by atoms with E-state index >= 15 is 0 Å². The van der Waals surface area contributed by atoms with Crippen LogP contribution >= 0.6 is 23.4 Å². The Labute approximate surface area is 134 Å². The van der Waals surface area contributed by atoms with Gasteiger partial charge in [-0.05, 0) is 18.6 Å². The summed E-state index contributed by atoms with van der Waals surface area (Å²) in [5.41, 5.74) is 1.73. The molecule has 0 saturated carbocycles. The normalized spacial score (nSPS) is 10.8. The molecule has 0 spiro atoms. The number of rotatable bonds is 3. The van der Waals surface area contributed by atoms with Crippen LogP contribution in [0.4, 0.5) is 0 Å². The number of nitrogens with one attached hydrogen (secondary N) is 1. The van der Waals surface area contributed by atoms with Crippen molar-refractivity contribution in [3.63, 3.8) is 0 Å². The summed E-state index contributed by atoms with van der Waals surface area (Å²) < 4.78 is 1.06. The fraction of sp³-hybridized carbons (Fsp3) is 0.154. The van der Waals surface area contributed by atoms with Gasteiger partial charge in [-0.15, -0.1) is 0 Å². The second-order valence-electron chi connectivity index (χ2n) is 4.44. The molecule has 0 fully saturated rings. The molecule has 0 radical (unpaired) electrons. The van der Waals surface area contributed by atoms with Crippen LogP contribution in [0, 0.1) is 18.3 Å². The molecule has 0 aliphatic carbocycles. The first kappa shape index (κ1) is 14.6. The second kappa shape index (κ2) is 5.79. The Balaban J connectivity index is 1.91. The van der Waals surface area contributed by atoms with Crippen LogP contribution in [-0.4, -0.2) is 24.6 Å². The van der Waals surface area contributed by atoms with E-state index in [1.54, 1.807) is 0 Å². The minimum Gasteiger partial charge on any atom is -0.285 e. The largest absolute Gasteiger partial charge is 0.350 e. The summed E-state index contributed by atoms with van der Waals surface area (Å²) in [6.07, 6.45) is 1.31. The predicted octanol–water partition coefficient (Wildman–Crippen LogP) is 1.94. The molecule has 0 unspecified atom stereocenters. The van der Waals surface area contributed by atoms with Crippen molar-refractivity contribution in [1.82, 2.24) is 24.6 Å². The molecule has 1 N–H and O–H groups in total. The van der Waals surface area contributed by atoms with E-state index in [2.05, 4.69) is 20.1 Å². The molecule has 3 rings (SSSR count). The highest BCUT2D eigenvalue weighted by Crippen LogP contribution is 2.23. The Morgan fingerprint density at radius 3 is 3.00 bits per heavy atom. The molecule has 3 heterocycles. The van der Waals surface area contributed by atoms with Gasteiger partial charge in [0.05, 0.1) is 6.20 Å². The van der Waals surface area contributed by atoms with E-state index in [1.807, 2.05) is 25.1 Å². The molecule has 0 aliphatic rings. The lowest BCUT2D eigenvalue weighted by Gasteiger charge is -2.04. The van der Waals surface area contributed by atoms with Crippen LogP contribution in [0.1, 0.15) is 16.8 Å². The van der Waals surface area contributed by atoms with Gasteiger partial charge in [-0.25, -0.2) is 14.8 Å². The van der Waals surface area contributed by atoms with Crippen LogP contribution in [0.5, 0.6) is 0 Å². The number of hydrogen-bond acceptors (Lipinski definition) is 6. The number of nitrogens with zero attached hydrogens (tertiary/aromatic N) is 5. The number of pyridine rings is 1. The van der Waals surface area contributed by atoms with Gasteiger partial charge in [0.1, 0.15) is 16.8 Å². The summed E-state index contributed by atoms with van der Waals surface area (Å²) >= 11 is 7.38. The van der Waals surface area contributed by atoms with Crippen LogP contribution in [0.25, 0.3) is 5.65 Å². The maximum atomic E-state index is 11.9. The maximum Gasteiger partial charge on any atom is 0.350 e. The van der Waals surface area contributed by atoms with Crippen molar-refractivity contribution in [2.24, 2.45) is 0 Å². The van der Waals surface area contributed by atoms with Crippen molar-refractivity contribution in [2.45, 2.75) is 17.8 Å². The standard InChI is InChI=1S/C13H9ClN6OS/c1-7-2-3-8(10(14)17-7)6-22-12-18-11-9(4-15)5-16-20(11)13(21)19-12/h2-3,5H,6H2,1H3,(H,18,19,21). The average Bonchev–Trinajstić information content (AvgIpc) is 2.90. The van der Waals surface area contributed by atoms with E-state index in [0.29, 0.717) is 16.1 Å². The molecule has 3 aromatic rings. The maximum absolute atomic E-state index is 11.9. The van der Waals surface area contributed by atoms with Gasteiger partial charge in [-0.3, -0.25) is 4.98 Å². The van der Waals surface area contributed by atoms with Gasteiger partial charge in [-0.1, -0.05) is 29.4 Å². The molecule has 7 nitrogen and oxygen atoms in total. The first-order chi connectivity index (χ1) is 10.6. The third kappa shape index (κ3) is 2.68. The van der Waals surface area contributed by atoms with Crippen LogP contribution < -0.4 is 5.69 Å². The molecule has 9 heteroatoms. The van der Waals surface area contributed by atoms with Gasteiger partial charge in [0, 0.05) is 11.4 Å². The zero-order chi connectivity index (χ0) is 15.7. The zero-order valence-electron chi connectivity index (χ0n) is 11.4. The third-order valence-electron chi connectivity index (χ3n) is 2.91. The van der Waals surface area contributed by atoms with Crippen molar-refractivity contribution in [3.05, 3.63) is 50.8 Å². The molecule has 22 heavy (non-hydrogen) atoms. The molecular formula is C13H9ClN6OS. The number of aryl methyl sites for hydroxylation is 1. The lowest BCUT2D eigenvalue weighted by atomic mass is 10.3. The fourth-order valence-electron chi connectivity index (χ4n) is 1.82. The molecular weight excluding hydrogens is 324 g/mol. The summed E-state index contributed by atoms with van der Waals surface area (Å²) in [6.45, 7) is 1.86. The highest BCUT2D eigenvalue weighted by Gasteiger charge is 2.11. The van der Waals surface area contributed by atoms with Gasteiger partial charge in [0.25, 0.3) is 0 Å². The van der Waals surface area contributed by atoms with Gasteiger partial charge < -0.3 is 0 Å². The zero-order valence-corrected chi connectivity index (χ0v) is 12.9. The summed E-state index contributed by atoms with van der Waals surface area (Å²) in [5, 5.41) is 13.6. The minimum absolute atomic E-state index is 0.238. The van der Waals surface area contributed by atoms with Crippen molar-refractivity contribution in [3.8, 4) is 6.07 Å². The summed E-state index contributed by atoms with van der Waals surface area (Å²) in [4.78, 5) is 22.9. The van der Waals surface area contributed by atoms with Crippen LogP contribution in [0.15, 0.2) is 28.3 Å². The van der Waals surface area contributed by atoms with E-state index in [1.165, 1.54) is 18.0 Å². The summed E-state index contributed by atoms with van der Waals surface area (Å²) in [5.74, 6) is 0.501. The number of H-pyrrole nitrogens is 1. The first-order valence-electron chi connectivity index (χ1n) is 6.21. The Bertz CT molecular complexity index is 957. The molecule has 0 aromatic carbocycles. The predicted molar refractivity (Wildman–Crippen MR) is 81.9 cm³/mol. The number of fused-ring (bicyclic) bond motifs is 1. The van der Waals surface area contributed by atoms with Crippen molar-refractivity contribution >= 4 is 29.0 Å². The molecule has 0 amide bonds. The molecule has 0 saturated heterocycles. The first-order valence-corrected chi connectivity index (χ1v) is 7.58. The number of aromatic amines is 1. The van der Waals surface area contributed by atoms with Gasteiger partial charge in [-0.2, -0.15) is 14.9 Å². The van der Waals surface area contributed by atoms with Crippen LogP contribution in [-0.2, 0) is 5.75 Å². The molecule has 110 valence electrons. The van der Waals surface area contributed by atoms with Gasteiger partial charge in [0.15, 0.2) is 10.8 Å². The van der Waals surface area contributed by atoms with Crippen LogP contribution in [0.2, 0.25) is 5.15 Å². The smallest absolute Gasteiger partial charge is 0.285 e. The highest BCUT2D eigenvalue weighted by molar-refractivity contribution is 7.98. The quantitative estimate of drug-likeness (QED) is 0.581. The Hall–Kier alpha value is -2.37. The SMILES string of the molecule is Cc1ccc(CSc2nc3c(C#N)cnn3c(=O)[nH]2)c(Cl)n1. The van der Waals surface area contributed by atoms with E-state index in [9.17, 15) is 4.79 Å². The lowest BCUT2D eigenvalue weighted by molar-refractivity contribution is 0.786. The average molecular weight is 333 g/mol. The van der Waals surface area contributed by atoms with Crippen molar-refractivity contribution in [2.75, 3.05) is 0 Å².